The zero-order valence-electron chi connectivity index (χ0n) is 14.2. The average molecular weight is 335 g/mol. The summed E-state index contributed by atoms with van der Waals surface area (Å²) in [6, 6.07) is 0. The van der Waals surface area contributed by atoms with Gasteiger partial charge in [0.25, 0.3) is 0 Å². The number of ether oxygens (including phenoxy) is 2. The van der Waals surface area contributed by atoms with E-state index in [9.17, 15) is 9.59 Å². The fraction of sp³-hybridized carbons (Fsp3) is 0.882. The third kappa shape index (κ3) is 10.9. The molecule has 0 aliphatic carbocycles. The average Bonchev–Trinajstić information content (AvgIpc) is 2.47. The first kappa shape index (κ1) is 21.2. The van der Waals surface area contributed by atoms with Crippen LogP contribution in [-0.2, 0) is 19.1 Å². The molecule has 0 heterocycles. The standard InChI is InChI=1S/C17H31ClO4/c1-4-6-7-8-9-10-11-12-13-15(18)16(22-14(3)19)17(20)21-5-2/h15-16H,4-13H2,1-3H3/t15-,16+/m1/s1. The van der Waals surface area contributed by atoms with Crippen molar-refractivity contribution in [3.05, 3.63) is 0 Å². The lowest BCUT2D eigenvalue weighted by Crippen LogP contribution is -2.36. The fourth-order valence-electron chi connectivity index (χ4n) is 2.30. The Bertz CT molecular complexity index is 307. The van der Waals surface area contributed by atoms with Gasteiger partial charge in [-0.1, -0.05) is 58.3 Å². The van der Waals surface area contributed by atoms with Crippen molar-refractivity contribution in [1.82, 2.24) is 0 Å². The molecule has 0 aromatic carbocycles. The van der Waals surface area contributed by atoms with Crippen LogP contribution in [0.1, 0.15) is 78.6 Å². The molecule has 4 nitrogen and oxygen atoms in total. The Labute approximate surface area is 139 Å². The zero-order chi connectivity index (χ0) is 16.8. The lowest BCUT2D eigenvalue weighted by Gasteiger charge is -2.20. The number of carbonyl (C=O) groups is 2. The van der Waals surface area contributed by atoms with Crippen LogP contribution in [0.2, 0.25) is 0 Å². The summed E-state index contributed by atoms with van der Waals surface area (Å²) in [5.41, 5.74) is 0. The first-order valence-corrected chi connectivity index (χ1v) is 8.94. The highest BCUT2D eigenvalue weighted by atomic mass is 35.5. The molecule has 0 unspecified atom stereocenters. The van der Waals surface area contributed by atoms with Gasteiger partial charge >= 0.3 is 11.9 Å². The zero-order valence-corrected chi connectivity index (χ0v) is 15.0. The van der Waals surface area contributed by atoms with Crippen LogP contribution in [-0.4, -0.2) is 30.0 Å². The van der Waals surface area contributed by atoms with E-state index in [2.05, 4.69) is 6.92 Å². The maximum absolute atomic E-state index is 11.8. The van der Waals surface area contributed by atoms with E-state index in [1.54, 1.807) is 6.92 Å². The van der Waals surface area contributed by atoms with Crippen molar-refractivity contribution in [3.8, 4) is 0 Å². The molecule has 2 atom stereocenters. The summed E-state index contributed by atoms with van der Waals surface area (Å²) >= 11 is 6.22. The van der Waals surface area contributed by atoms with E-state index in [0.29, 0.717) is 6.42 Å². The summed E-state index contributed by atoms with van der Waals surface area (Å²) < 4.78 is 9.91. The number of carbonyl (C=O) groups excluding carboxylic acids is 2. The minimum Gasteiger partial charge on any atom is -0.463 e. The van der Waals surface area contributed by atoms with E-state index in [1.807, 2.05) is 0 Å². The van der Waals surface area contributed by atoms with Crippen molar-refractivity contribution in [2.24, 2.45) is 0 Å². The van der Waals surface area contributed by atoms with Crippen molar-refractivity contribution in [2.45, 2.75) is 90.0 Å². The van der Waals surface area contributed by atoms with Crippen LogP contribution < -0.4 is 0 Å². The lowest BCUT2D eigenvalue weighted by molar-refractivity contribution is -0.166. The Hall–Kier alpha value is -0.770. The molecule has 0 saturated carbocycles. The van der Waals surface area contributed by atoms with Gasteiger partial charge in [-0.2, -0.15) is 0 Å². The molecule has 0 fully saturated rings. The molecule has 22 heavy (non-hydrogen) atoms. The normalized spacial score (nSPS) is 13.5. The summed E-state index contributed by atoms with van der Waals surface area (Å²) in [7, 11) is 0. The first-order valence-electron chi connectivity index (χ1n) is 8.50. The van der Waals surface area contributed by atoms with E-state index < -0.39 is 23.4 Å². The summed E-state index contributed by atoms with van der Waals surface area (Å²) in [4.78, 5) is 22.9. The SMILES string of the molecule is CCCCCCCCCC[C@@H](Cl)[C@H](OC(C)=O)C(=O)OCC. The van der Waals surface area contributed by atoms with Gasteiger partial charge in [0.05, 0.1) is 12.0 Å². The number of unbranched alkanes of at least 4 members (excludes halogenated alkanes) is 7. The molecule has 0 rings (SSSR count). The molecule has 0 spiro atoms. The highest BCUT2D eigenvalue weighted by Gasteiger charge is 2.30. The molecular weight excluding hydrogens is 304 g/mol. The van der Waals surface area contributed by atoms with Gasteiger partial charge in [-0.25, -0.2) is 4.79 Å². The Morgan fingerprint density at radius 3 is 2.00 bits per heavy atom. The number of rotatable bonds is 13. The second-order valence-electron chi connectivity index (χ2n) is 5.56. The van der Waals surface area contributed by atoms with E-state index in [4.69, 9.17) is 21.1 Å². The maximum atomic E-state index is 11.8. The number of esters is 2. The number of halogens is 1. The van der Waals surface area contributed by atoms with E-state index in [-0.39, 0.29) is 6.61 Å². The van der Waals surface area contributed by atoms with Gasteiger partial charge in [-0.3, -0.25) is 4.79 Å². The quantitative estimate of drug-likeness (QED) is 0.280. The highest BCUT2D eigenvalue weighted by Crippen LogP contribution is 2.18. The molecule has 0 bridgehead atoms. The molecular formula is C17H31ClO4. The van der Waals surface area contributed by atoms with Crippen LogP contribution in [0.3, 0.4) is 0 Å². The van der Waals surface area contributed by atoms with Crippen LogP contribution in [0, 0.1) is 0 Å². The second-order valence-corrected chi connectivity index (χ2v) is 6.12. The van der Waals surface area contributed by atoms with E-state index in [0.717, 1.165) is 12.8 Å². The highest BCUT2D eigenvalue weighted by molar-refractivity contribution is 6.22. The largest absolute Gasteiger partial charge is 0.463 e. The molecule has 0 N–H and O–H groups in total. The van der Waals surface area contributed by atoms with Gasteiger partial charge in [-0.05, 0) is 13.3 Å². The van der Waals surface area contributed by atoms with E-state index in [1.165, 1.54) is 45.4 Å². The summed E-state index contributed by atoms with van der Waals surface area (Å²) in [6.45, 7) is 5.44. The lowest BCUT2D eigenvalue weighted by atomic mass is 10.0. The summed E-state index contributed by atoms with van der Waals surface area (Å²) in [6.07, 6.45) is 9.28. The summed E-state index contributed by atoms with van der Waals surface area (Å²) in [5.74, 6) is -1.07. The van der Waals surface area contributed by atoms with Crippen molar-refractivity contribution < 1.29 is 19.1 Å². The molecule has 0 aliphatic rings. The van der Waals surface area contributed by atoms with Gasteiger partial charge in [0.2, 0.25) is 6.10 Å². The number of alkyl halides is 1. The van der Waals surface area contributed by atoms with Gasteiger partial charge in [0.15, 0.2) is 0 Å². The second kappa shape index (κ2) is 13.9. The van der Waals surface area contributed by atoms with E-state index >= 15 is 0 Å². The summed E-state index contributed by atoms with van der Waals surface area (Å²) in [5, 5.41) is -0.525. The van der Waals surface area contributed by atoms with Gasteiger partial charge < -0.3 is 9.47 Å². The number of hydrogen-bond donors (Lipinski definition) is 0. The Morgan fingerprint density at radius 1 is 0.955 bits per heavy atom. The third-order valence-electron chi connectivity index (χ3n) is 3.47. The molecule has 0 saturated heterocycles. The van der Waals surface area contributed by atoms with Gasteiger partial charge in [0.1, 0.15) is 0 Å². The van der Waals surface area contributed by atoms with Crippen LogP contribution in [0.25, 0.3) is 0 Å². The van der Waals surface area contributed by atoms with Gasteiger partial charge in [0, 0.05) is 6.92 Å². The van der Waals surface area contributed by atoms with Gasteiger partial charge in [-0.15, -0.1) is 11.6 Å². The molecule has 5 heteroatoms. The molecule has 0 radical (unpaired) electrons. The molecule has 0 aromatic heterocycles. The van der Waals surface area contributed by atoms with Crippen molar-refractivity contribution >= 4 is 23.5 Å². The Kier molecular flexibility index (Phi) is 13.4. The molecule has 130 valence electrons. The monoisotopic (exact) mass is 334 g/mol. The predicted molar refractivity (Wildman–Crippen MR) is 89.1 cm³/mol. The number of hydrogen-bond acceptors (Lipinski definition) is 4. The van der Waals surface area contributed by atoms with Crippen LogP contribution in [0.4, 0.5) is 0 Å². The minimum absolute atomic E-state index is 0.248. The Balaban J connectivity index is 3.94. The van der Waals surface area contributed by atoms with Crippen LogP contribution in [0.15, 0.2) is 0 Å². The fourth-order valence-corrected chi connectivity index (χ4v) is 2.61. The third-order valence-corrected chi connectivity index (χ3v) is 3.92. The molecule has 0 aromatic rings. The van der Waals surface area contributed by atoms with Crippen molar-refractivity contribution in [2.75, 3.05) is 6.61 Å². The topological polar surface area (TPSA) is 52.6 Å². The smallest absolute Gasteiger partial charge is 0.349 e. The van der Waals surface area contributed by atoms with Crippen molar-refractivity contribution in [3.63, 3.8) is 0 Å². The van der Waals surface area contributed by atoms with Crippen LogP contribution in [0.5, 0.6) is 0 Å². The first-order chi connectivity index (χ1) is 10.5. The van der Waals surface area contributed by atoms with Crippen LogP contribution >= 0.6 is 11.6 Å². The minimum atomic E-state index is -0.997. The molecule has 0 amide bonds. The Morgan fingerprint density at radius 2 is 1.50 bits per heavy atom. The maximum Gasteiger partial charge on any atom is 0.349 e. The molecule has 0 aliphatic heterocycles. The predicted octanol–water partition coefficient (Wildman–Crippen LogP) is 4.62. The van der Waals surface area contributed by atoms with Crippen molar-refractivity contribution in [1.29, 1.82) is 0 Å².